The molecule has 1 aliphatic rings. The van der Waals surface area contributed by atoms with E-state index in [9.17, 15) is 35.1 Å². The van der Waals surface area contributed by atoms with Gasteiger partial charge in [-0.2, -0.15) is 0 Å². The highest BCUT2D eigenvalue weighted by Gasteiger charge is 2.47. The molecule has 494 valence electrons. The number of esters is 1. The minimum Gasteiger partial charge on any atom is -0.454 e. The molecule has 0 aliphatic carbocycles. The predicted octanol–water partition coefficient (Wildman–Crippen LogP) is 18.3. The number of nitrogens with one attached hydrogen (secondary N) is 1. The summed E-state index contributed by atoms with van der Waals surface area (Å²) in [5.41, 5.74) is 0. The Balaban J connectivity index is 2.61. The van der Waals surface area contributed by atoms with Crippen molar-refractivity contribution in [2.45, 2.75) is 372 Å². The summed E-state index contributed by atoms with van der Waals surface area (Å²) in [6.07, 6.45) is 69.4. The normalized spacial score (nSPS) is 18.8. The van der Waals surface area contributed by atoms with Gasteiger partial charge in [0.2, 0.25) is 5.91 Å². The van der Waals surface area contributed by atoms with Crippen LogP contribution in [0.4, 0.5) is 0 Å². The third-order valence-corrected chi connectivity index (χ3v) is 16.6. The summed E-state index contributed by atoms with van der Waals surface area (Å²) >= 11 is 0. The van der Waals surface area contributed by atoms with E-state index >= 15 is 0 Å². The van der Waals surface area contributed by atoms with Crippen LogP contribution in [0.3, 0.4) is 0 Å². The number of allylic oxidation sites excluding steroid dienone is 11. The lowest BCUT2D eigenvalue weighted by atomic mass is 9.99. The predicted molar refractivity (Wildman–Crippen MR) is 356 cm³/mol. The van der Waals surface area contributed by atoms with Gasteiger partial charge in [-0.15, -0.1) is 0 Å². The second-order valence-electron chi connectivity index (χ2n) is 24.6. The number of carbonyl (C=O) groups is 2. The highest BCUT2D eigenvalue weighted by atomic mass is 16.7. The zero-order chi connectivity index (χ0) is 61.7. The van der Waals surface area contributed by atoms with E-state index < -0.39 is 67.4 Å². The highest BCUT2D eigenvalue weighted by molar-refractivity contribution is 5.80. The first-order valence-electron chi connectivity index (χ1n) is 35.7. The first-order chi connectivity index (χ1) is 41.7. The van der Waals surface area contributed by atoms with Crippen LogP contribution < -0.4 is 5.32 Å². The number of rotatable bonds is 61. The number of aliphatic hydroxyl groups is 5. The summed E-state index contributed by atoms with van der Waals surface area (Å²) in [6.45, 7) is 5.78. The third kappa shape index (κ3) is 48.7. The van der Waals surface area contributed by atoms with Crippen molar-refractivity contribution < 1.29 is 49.3 Å². The molecule has 1 rings (SSSR count). The second kappa shape index (κ2) is 61.3. The Labute approximate surface area is 521 Å². The van der Waals surface area contributed by atoms with Crippen LogP contribution in [-0.2, 0) is 23.8 Å². The second-order valence-corrected chi connectivity index (χ2v) is 24.6. The SMILES string of the molecule is CCCCC/C=C\C/C=C\C/C=C\C/C=C\CCCCCC(=O)OC1C(OCC(NC(=O)C(O)CCCCCCCCCCCCCCCC/C=C/CCCCCCCC)C(O)/C=C/CCCCCCCCCCCCC)OC(CO)C(O)C1O. The summed E-state index contributed by atoms with van der Waals surface area (Å²) in [6, 6.07) is -1.03. The van der Waals surface area contributed by atoms with Crippen molar-refractivity contribution >= 4 is 11.9 Å². The Kier molecular flexibility index (Phi) is 57.8. The van der Waals surface area contributed by atoms with E-state index in [0.717, 1.165) is 77.0 Å². The molecule has 8 unspecified atom stereocenters. The molecule has 0 bridgehead atoms. The highest BCUT2D eigenvalue weighted by Crippen LogP contribution is 2.26. The van der Waals surface area contributed by atoms with E-state index in [1.165, 1.54) is 199 Å². The quantitative estimate of drug-likeness (QED) is 0.0195. The van der Waals surface area contributed by atoms with Crippen molar-refractivity contribution in [1.29, 1.82) is 0 Å². The fourth-order valence-corrected chi connectivity index (χ4v) is 10.9. The van der Waals surface area contributed by atoms with Crippen LogP contribution in [0.1, 0.15) is 323 Å². The van der Waals surface area contributed by atoms with Gasteiger partial charge in [0.1, 0.15) is 24.4 Å². The summed E-state index contributed by atoms with van der Waals surface area (Å²) in [5.74, 6) is -1.22. The number of aliphatic hydroxyl groups excluding tert-OH is 5. The molecule has 1 aliphatic heterocycles. The third-order valence-electron chi connectivity index (χ3n) is 16.6. The zero-order valence-corrected chi connectivity index (χ0v) is 55.0. The van der Waals surface area contributed by atoms with E-state index in [4.69, 9.17) is 14.2 Å². The van der Waals surface area contributed by atoms with Gasteiger partial charge in [0, 0.05) is 6.42 Å². The molecule has 1 heterocycles. The van der Waals surface area contributed by atoms with Crippen molar-refractivity contribution in [3.63, 3.8) is 0 Å². The number of hydrogen-bond donors (Lipinski definition) is 6. The molecular weight excluding hydrogens is 1060 g/mol. The van der Waals surface area contributed by atoms with Gasteiger partial charge in [-0.3, -0.25) is 9.59 Å². The smallest absolute Gasteiger partial charge is 0.306 e. The molecule has 0 spiro atoms. The zero-order valence-electron chi connectivity index (χ0n) is 55.0. The lowest BCUT2D eigenvalue weighted by molar-refractivity contribution is -0.305. The molecular formula is C74H133NO10. The van der Waals surface area contributed by atoms with Crippen molar-refractivity contribution in [2.75, 3.05) is 13.2 Å². The standard InChI is InChI=1S/C74H133NO10/c1-4-7-10-13-16-19-22-25-27-29-31-32-33-34-35-37-38-40-43-46-49-52-55-58-61-67(78)73(82)75-65(66(77)60-57-54-51-48-45-42-24-21-18-15-12-9-6-3)64-83-74-72(71(81)70(80)68(63-76)84-74)85-69(79)62-59-56-53-50-47-44-41-39-36-30-28-26-23-20-17-14-11-8-5-2/h17,20,25-28,36,39,44,47,57,60,65-68,70-72,74,76-78,80-81H,4-16,18-19,21-24,29-35,37-38,40-43,45-46,48-56,58-59,61-64H2,1-3H3,(H,75,82)/b20-17-,27-25+,28-26-,39-36-,47-44-,60-57+. The first-order valence-corrected chi connectivity index (χ1v) is 35.7. The van der Waals surface area contributed by atoms with Gasteiger partial charge in [0.15, 0.2) is 12.4 Å². The Morgan fingerprint density at radius 1 is 0.459 bits per heavy atom. The number of hydrogen-bond acceptors (Lipinski definition) is 10. The molecule has 85 heavy (non-hydrogen) atoms. The number of carbonyl (C=O) groups excluding carboxylic acids is 2. The van der Waals surface area contributed by atoms with Crippen LogP contribution in [0, 0.1) is 0 Å². The van der Waals surface area contributed by atoms with Gasteiger partial charge < -0.3 is 45.1 Å². The van der Waals surface area contributed by atoms with Crippen LogP contribution in [-0.4, -0.2) is 99.6 Å². The minimum absolute atomic E-state index is 0.0850. The van der Waals surface area contributed by atoms with Crippen molar-refractivity contribution in [1.82, 2.24) is 5.32 Å². The van der Waals surface area contributed by atoms with Crippen LogP contribution in [0.2, 0.25) is 0 Å². The summed E-state index contributed by atoms with van der Waals surface area (Å²) in [5, 5.41) is 57.2. The Morgan fingerprint density at radius 2 is 0.812 bits per heavy atom. The molecule has 1 saturated heterocycles. The minimum atomic E-state index is -1.63. The van der Waals surface area contributed by atoms with Gasteiger partial charge in [-0.25, -0.2) is 0 Å². The van der Waals surface area contributed by atoms with Crippen molar-refractivity contribution in [3.05, 3.63) is 72.9 Å². The van der Waals surface area contributed by atoms with Gasteiger partial charge >= 0.3 is 5.97 Å². The number of amides is 1. The Morgan fingerprint density at radius 3 is 1.25 bits per heavy atom. The summed E-state index contributed by atoms with van der Waals surface area (Å²) in [4.78, 5) is 26.7. The van der Waals surface area contributed by atoms with Gasteiger partial charge in [-0.05, 0) is 96.3 Å². The molecule has 8 atom stereocenters. The molecule has 11 nitrogen and oxygen atoms in total. The molecule has 1 amide bonds. The van der Waals surface area contributed by atoms with E-state index in [0.29, 0.717) is 12.8 Å². The fraction of sp³-hybridized carbons (Fsp3) is 0.811. The van der Waals surface area contributed by atoms with Crippen LogP contribution in [0.25, 0.3) is 0 Å². The average molecular weight is 1200 g/mol. The molecule has 6 N–H and O–H groups in total. The van der Waals surface area contributed by atoms with Crippen molar-refractivity contribution in [2.24, 2.45) is 0 Å². The van der Waals surface area contributed by atoms with E-state index in [-0.39, 0.29) is 19.4 Å². The monoisotopic (exact) mass is 1200 g/mol. The maximum absolute atomic E-state index is 13.5. The maximum atomic E-state index is 13.5. The lowest BCUT2D eigenvalue weighted by Gasteiger charge is -2.41. The van der Waals surface area contributed by atoms with Crippen molar-refractivity contribution in [3.8, 4) is 0 Å². The van der Waals surface area contributed by atoms with E-state index in [1.807, 2.05) is 6.08 Å². The fourth-order valence-electron chi connectivity index (χ4n) is 10.9. The molecule has 0 aromatic rings. The van der Waals surface area contributed by atoms with Crippen LogP contribution >= 0.6 is 0 Å². The molecule has 0 aromatic heterocycles. The Hall–Kier alpha value is -2.90. The largest absolute Gasteiger partial charge is 0.454 e. The number of ether oxygens (including phenoxy) is 3. The molecule has 0 aromatic carbocycles. The molecule has 0 saturated carbocycles. The maximum Gasteiger partial charge on any atom is 0.306 e. The summed E-state index contributed by atoms with van der Waals surface area (Å²) in [7, 11) is 0. The van der Waals surface area contributed by atoms with Gasteiger partial charge in [0.05, 0.1) is 25.4 Å². The molecule has 0 radical (unpaired) electrons. The van der Waals surface area contributed by atoms with Crippen LogP contribution in [0.15, 0.2) is 72.9 Å². The topological polar surface area (TPSA) is 175 Å². The van der Waals surface area contributed by atoms with Crippen LogP contribution in [0.5, 0.6) is 0 Å². The Bertz CT molecular complexity index is 1660. The summed E-state index contributed by atoms with van der Waals surface area (Å²) < 4.78 is 17.7. The van der Waals surface area contributed by atoms with Gasteiger partial charge in [-0.1, -0.05) is 293 Å². The molecule has 1 fully saturated rings. The van der Waals surface area contributed by atoms with E-state index in [2.05, 4.69) is 86.8 Å². The lowest BCUT2D eigenvalue weighted by Crippen LogP contribution is -2.61. The number of unbranched alkanes of at least 4 members (excludes halogenated alkanes) is 37. The van der Waals surface area contributed by atoms with E-state index in [1.54, 1.807) is 6.08 Å². The van der Waals surface area contributed by atoms with Gasteiger partial charge in [0.25, 0.3) is 0 Å². The average Bonchev–Trinajstić information content (AvgIpc) is 2.49. The first kappa shape index (κ1) is 80.1. The molecule has 11 heteroatoms.